The number of ketones is 1. The molecule has 264 valence electrons. The Labute approximate surface area is 292 Å². The number of fused-ring (bicyclic) bond motifs is 1. The minimum atomic E-state index is -1.17. The molecule has 2 fully saturated rings. The van der Waals surface area contributed by atoms with Gasteiger partial charge in [-0.25, -0.2) is 4.79 Å². The summed E-state index contributed by atoms with van der Waals surface area (Å²) < 4.78 is 0. The summed E-state index contributed by atoms with van der Waals surface area (Å²) in [5.41, 5.74) is 5.88. The van der Waals surface area contributed by atoms with Crippen LogP contribution in [0.25, 0.3) is 0 Å². The summed E-state index contributed by atoms with van der Waals surface area (Å²) in [6.45, 7) is 11.9. The Morgan fingerprint density at radius 3 is 1.81 bits per heavy atom. The molecule has 0 bridgehead atoms. The monoisotopic (exact) mass is 706 g/mol. The lowest BCUT2D eigenvalue weighted by Gasteiger charge is -2.38. The van der Waals surface area contributed by atoms with E-state index in [-0.39, 0.29) is 24.8 Å². The number of rotatable bonds is 11. The van der Waals surface area contributed by atoms with E-state index < -0.39 is 75.3 Å². The van der Waals surface area contributed by atoms with Gasteiger partial charge in [0, 0.05) is 25.6 Å². The number of alkyl halides is 2. The van der Waals surface area contributed by atoms with Crippen molar-refractivity contribution in [1.82, 2.24) is 25.8 Å². The molecule has 5 N–H and O–H groups in total. The zero-order valence-electron chi connectivity index (χ0n) is 28.5. The van der Waals surface area contributed by atoms with Gasteiger partial charge in [0.1, 0.15) is 23.0 Å². The number of nitrogens with two attached hydrogens (primary N) is 1. The summed E-state index contributed by atoms with van der Waals surface area (Å²) in [7, 11) is 0. The van der Waals surface area contributed by atoms with Gasteiger partial charge in [-0.05, 0) is 40.7 Å². The van der Waals surface area contributed by atoms with Gasteiger partial charge in [-0.15, -0.1) is 23.2 Å². The second kappa shape index (κ2) is 14.6. The number of benzene rings is 1. The summed E-state index contributed by atoms with van der Waals surface area (Å²) in [5, 5.41) is 8.26. The molecule has 48 heavy (non-hydrogen) atoms. The number of urea groups is 1. The largest absolute Gasteiger partial charge is 0.363 e. The van der Waals surface area contributed by atoms with Crippen LogP contribution in [0, 0.1) is 22.7 Å². The molecule has 0 aromatic heterocycles. The highest BCUT2D eigenvalue weighted by atomic mass is 35.5. The maximum Gasteiger partial charge on any atom is 0.316 e. The molecule has 1 saturated heterocycles. The molecule has 1 aromatic carbocycles. The van der Waals surface area contributed by atoms with Crippen molar-refractivity contribution < 1.29 is 28.8 Å². The molecule has 4 rings (SSSR count). The van der Waals surface area contributed by atoms with Crippen LogP contribution >= 0.6 is 23.2 Å². The van der Waals surface area contributed by atoms with Crippen LogP contribution in [0.4, 0.5) is 4.79 Å². The van der Waals surface area contributed by atoms with E-state index in [4.69, 9.17) is 28.9 Å². The standard InChI is InChI=1S/C34H48Cl2N6O6/c1-33(2,3)25(30(46)41-16-19-9-7-8-10-20(19)17-41)39-32(48)40-26(34(4,5)6)31(47)42-14-13-21(27(35)36)23(42)29(45)38-22(15-18-11-12-18)24(43)28(37)44/h7-10,18,21-23,25-27H,11-17H2,1-6H3,(H2,37,44)(H,38,45)(H2,39,40,48)/t21?,22?,23-,25+,26+/m0/s1. The van der Waals surface area contributed by atoms with E-state index >= 15 is 0 Å². The van der Waals surface area contributed by atoms with Gasteiger partial charge in [0.15, 0.2) is 0 Å². The van der Waals surface area contributed by atoms with Crippen LogP contribution in [-0.2, 0) is 37.1 Å². The molecule has 12 nitrogen and oxygen atoms in total. The molecule has 1 saturated carbocycles. The Morgan fingerprint density at radius 1 is 0.833 bits per heavy atom. The van der Waals surface area contributed by atoms with Gasteiger partial charge >= 0.3 is 6.03 Å². The Hall–Kier alpha value is -3.38. The lowest BCUT2D eigenvalue weighted by Crippen LogP contribution is -2.63. The third kappa shape index (κ3) is 8.80. The molecule has 5 atom stereocenters. The Balaban J connectivity index is 1.52. The highest BCUT2D eigenvalue weighted by molar-refractivity contribution is 6.44. The molecule has 14 heteroatoms. The van der Waals surface area contributed by atoms with Crippen molar-refractivity contribution >= 4 is 58.6 Å². The second-order valence-corrected chi connectivity index (χ2v) is 16.6. The van der Waals surface area contributed by atoms with Crippen molar-refractivity contribution in [2.45, 2.75) is 109 Å². The predicted octanol–water partition coefficient (Wildman–Crippen LogP) is 3.02. The number of carbonyl (C=O) groups is 6. The molecule has 1 aliphatic carbocycles. The van der Waals surface area contributed by atoms with Crippen LogP contribution < -0.4 is 21.7 Å². The van der Waals surface area contributed by atoms with Crippen LogP contribution in [0.3, 0.4) is 0 Å². The van der Waals surface area contributed by atoms with E-state index in [1.165, 1.54) is 4.90 Å². The normalized spacial score (nSPS) is 21.3. The number of carbonyl (C=O) groups excluding carboxylic acids is 6. The second-order valence-electron chi connectivity index (χ2n) is 15.4. The lowest BCUT2D eigenvalue weighted by molar-refractivity contribution is -0.144. The number of hydrogen-bond donors (Lipinski definition) is 4. The fourth-order valence-electron chi connectivity index (χ4n) is 6.45. The number of amides is 6. The molecule has 2 unspecified atom stereocenters. The third-order valence-corrected chi connectivity index (χ3v) is 10.0. The van der Waals surface area contributed by atoms with Gasteiger partial charge < -0.3 is 31.5 Å². The first-order valence-electron chi connectivity index (χ1n) is 16.4. The maximum atomic E-state index is 14.3. The van der Waals surface area contributed by atoms with Crippen LogP contribution in [0.2, 0.25) is 0 Å². The van der Waals surface area contributed by atoms with Crippen molar-refractivity contribution in [1.29, 1.82) is 0 Å². The van der Waals surface area contributed by atoms with Crippen molar-refractivity contribution in [2.24, 2.45) is 28.4 Å². The lowest BCUT2D eigenvalue weighted by atomic mass is 9.85. The van der Waals surface area contributed by atoms with E-state index in [2.05, 4.69) is 16.0 Å². The summed E-state index contributed by atoms with van der Waals surface area (Å²) in [6, 6.07) is 2.75. The minimum absolute atomic E-state index is 0.114. The summed E-state index contributed by atoms with van der Waals surface area (Å²) >= 11 is 12.6. The summed E-state index contributed by atoms with van der Waals surface area (Å²) in [6.07, 6.45) is 2.29. The Kier molecular flexibility index (Phi) is 11.4. The first-order valence-corrected chi connectivity index (χ1v) is 17.3. The predicted molar refractivity (Wildman–Crippen MR) is 181 cm³/mol. The van der Waals surface area contributed by atoms with Crippen molar-refractivity contribution in [3.05, 3.63) is 35.4 Å². The van der Waals surface area contributed by atoms with Gasteiger partial charge in [0.25, 0.3) is 5.91 Å². The number of Topliss-reactive ketones (excluding diaryl/α,β-unsaturated/α-hetero) is 1. The molecular weight excluding hydrogens is 659 g/mol. The number of nitrogens with one attached hydrogen (secondary N) is 3. The highest BCUT2D eigenvalue weighted by Crippen LogP contribution is 2.36. The van der Waals surface area contributed by atoms with E-state index in [1.54, 1.807) is 25.7 Å². The zero-order valence-corrected chi connectivity index (χ0v) is 30.0. The van der Waals surface area contributed by atoms with Gasteiger partial charge in [-0.3, -0.25) is 24.0 Å². The van der Waals surface area contributed by atoms with Gasteiger partial charge in [-0.2, -0.15) is 0 Å². The molecular formula is C34H48Cl2N6O6. The molecule has 6 amide bonds. The van der Waals surface area contributed by atoms with Crippen molar-refractivity contribution in [3.8, 4) is 0 Å². The number of halogens is 2. The van der Waals surface area contributed by atoms with Gasteiger partial charge in [0.05, 0.1) is 6.04 Å². The average Bonchev–Trinajstić information content (AvgIpc) is 3.51. The molecule has 0 spiro atoms. The Bertz CT molecular complexity index is 1410. The smallest absolute Gasteiger partial charge is 0.316 e. The van der Waals surface area contributed by atoms with Crippen LogP contribution in [0.15, 0.2) is 24.3 Å². The number of hydrogen-bond acceptors (Lipinski definition) is 6. The molecule has 0 radical (unpaired) electrons. The molecule has 2 aliphatic heterocycles. The molecule has 3 aliphatic rings. The fraction of sp³-hybridized carbons (Fsp3) is 0.647. The number of nitrogens with zero attached hydrogens (tertiary/aromatic N) is 2. The van der Waals surface area contributed by atoms with Crippen molar-refractivity contribution in [3.63, 3.8) is 0 Å². The van der Waals surface area contributed by atoms with Crippen LogP contribution in [-0.4, -0.2) is 80.8 Å². The Morgan fingerprint density at radius 2 is 1.35 bits per heavy atom. The van der Waals surface area contributed by atoms with E-state index in [1.807, 2.05) is 45.0 Å². The maximum absolute atomic E-state index is 14.3. The summed E-state index contributed by atoms with van der Waals surface area (Å²) in [5.74, 6) is -4.04. The van der Waals surface area contributed by atoms with E-state index in [0.29, 0.717) is 19.5 Å². The first-order chi connectivity index (χ1) is 22.3. The average molecular weight is 708 g/mol. The summed E-state index contributed by atoms with van der Waals surface area (Å²) in [4.78, 5) is 81.8. The fourth-order valence-corrected chi connectivity index (χ4v) is 6.98. The van der Waals surface area contributed by atoms with Crippen LogP contribution in [0.1, 0.15) is 78.4 Å². The third-order valence-electron chi connectivity index (χ3n) is 9.39. The van der Waals surface area contributed by atoms with Crippen LogP contribution in [0.5, 0.6) is 0 Å². The quantitative estimate of drug-likeness (QED) is 0.204. The van der Waals surface area contributed by atoms with Gasteiger partial charge in [0.2, 0.25) is 23.5 Å². The van der Waals surface area contributed by atoms with E-state index in [0.717, 1.165) is 24.0 Å². The minimum Gasteiger partial charge on any atom is -0.363 e. The topological polar surface area (TPSA) is 171 Å². The SMILES string of the molecule is CC(C)(C)[C@H](NC(=O)N[C@H](C(=O)N1CCC(C(Cl)Cl)[C@H]1C(=O)NC(CC1CC1)C(=O)C(N)=O)C(C)(C)C)C(=O)N1Cc2ccccc2C1. The van der Waals surface area contributed by atoms with Crippen molar-refractivity contribution in [2.75, 3.05) is 6.54 Å². The zero-order chi connectivity index (χ0) is 35.7. The van der Waals surface area contributed by atoms with E-state index in [9.17, 15) is 28.8 Å². The molecule has 1 aromatic rings. The molecule has 2 heterocycles. The number of primary amides is 1. The highest BCUT2D eigenvalue weighted by Gasteiger charge is 2.49. The number of likely N-dealkylation sites (tertiary alicyclic amines) is 1. The first kappa shape index (κ1) is 37.4. The van der Waals surface area contributed by atoms with Gasteiger partial charge in [-0.1, -0.05) is 78.6 Å².